The van der Waals surface area contributed by atoms with Crippen LogP contribution in [0.4, 0.5) is 0 Å². The number of hydrogen-bond acceptors (Lipinski definition) is 4. The van der Waals surface area contributed by atoms with Gasteiger partial charge in [-0.25, -0.2) is 0 Å². The Morgan fingerprint density at radius 3 is 2.71 bits per heavy atom. The Morgan fingerprint density at radius 1 is 1.17 bits per heavy atom. The van der Waals surface area contributed by atoms with E-state index in [-0.39, 0.29) is 30.7 Å². The second-order valence-electron chi connectivity index (χ2n) is 5.74. The Kier molecular flexibility index (Phi) is 4.76. The maximum atomic E-state index is 12.3. The van der Waals surface area contributed by atoms with E-state index in [4.69, 9.17) is 0 Å². The monoisotopic (exact) mass is 342 g/mol. The molecule has 2 heterocycles. The summed E-state index contributed by atoms with van der Waals surface area (Å²) >= 11 is 1.65. The lowest BCUT2D eigenvalue weighted by Gasteiger charge is -2.13. The number of thiophene rings is 1. The standard InChI is InChI=1S/C18H18N2O3S/c1-12-4-5-14-15(11-12)18(23)20(17(14)22)9-7-16(21)19-8-6-13-3-2-10-24-13/h2-5,10-11H,6-9H2,1H3,(H,19,21). The summed E-state index contributed by atoms with van der Waals surface area (Å²) in [5.41, 5.74) is 1.78. The number of fused-ring (bicyclic) bond motifs is 1. The minimum Gasteiger partial charge on any atom is -0.356 e. The zero-order valence-electron chi connectivity index (χ0n) is 13.4. The number of amides is 3. The van der Waals surface area contributed by atoms with E-state index >= 15 is 0 Å². The number of carbonyl (C=O) groups excluding carboxylic acids is 3. The van der Waals surface area contributed by atoms with Gasteiger partial charge in [-0.3, -0.25) is 19.3 Å². The summed E-state index contributed by atoms with van der Waals surface area (Å²) in [6.45, 7) is 2.54. The lowest BCUT2D eigenvalue weighted by atomic mass is 10.1. The van der Waals surface area contributed by atoms with Crippen LogP contribution in [-0.4, -0.2) is 35.7 Å². The molecular formula is C18H18N2O3S. The van der Waals surface area contributed by atoms with E-state index < -0.39 is 0 Å². The molecular weight excluding hydrogens is 324 g/mol. The number of nitrogens with zero attached hydrogens (tertiary/aromatic N) is 1. The fourth-order valence-corrected chi connectivity index (χ4v) is 3.40. The molecule has 2 aromatic rings. The molecule has 0 fully saturated rings. The van der Waals surface area contributed by atoms with E-state index in [1.54, 1.807) is 23.5 Å². The highest BCUT2D eigenvalue weighted by Crippen LogP contribution is 2.23. The predicted molar refractivity (Wildman–Crippen MR) is 92.2 cm³/mol. The van der Waals surface area contributed by atoms with Gasteiger partial charge in [0.25, 0.3) is 11.8 Å². The molecule has 1 aromatic heterocycles. The van der Waals surface area contributed by atoms with Gasteiger partial charge in [0, 0.05) is 24.4 Å². The SMILES string of the molecule is Cc1ccc2c(c1)C(=O)N(CCC(=O)NCCc1cccs1)C2=O. The van der Waals surface area contributed by atoms with E-state index in [0.717, 1.165) is 16.9 Å². The maximum Gasteiger partial charge on any atom is 0.261 e. The highest BCUT2D eigenvalue weighted by Gasteiger charge is 2.35. The van der Waals surface area contributed by atoms with Gasteiger partial charge in [-0.2, -0.15) is 0 Å². The van der Waals surface area contributed by atoms with Gasteiger partial charge < -0.3 is 5.32 Å². The molecule has 0 spiro atoms. The Bertz CT molecular complexity index is 784. The first-order chi connectivity index (χ1) is 11.6. The van der Waals surface area contributed by atoms with Crippen LogP contribution in [0.5, 0.6) is 0 Å². The van der Waals surface area contributed by atoms with Gasteiger partial charge in [-0.05, 0) is 36.9 Å². The predicted octanol–water partition coefficient (Wildman–Crippen LogP) is 2.40. The number of nitrogens with one attached hydrogen (secondary N) is 1. The maximum absolute atomic E-state index is 12.3. The Balaban J connectivity index is 1.51. The Hall–Kier alpha value is -2.47. The molecule has 0 radical (unpaired) electrons. The molecule has 1 aliphatic rings. The van der Waals surface area contributed by atoms with Crippen molar-refractivity contribution in [2.45, 2.75) is 19.8 Å². The first-order valence-electron chi connectivity index (χ1n) is 7.82. The average Bonchev–Trinajstić information content (AvgIpc) is 3.14. The van der Waals surface area contributed by atoms with E-state index in [1.807, 2.05) is 30.5 Å². The Morgan fingerprint density at radius 2 is 1.96 bits per heavy atom. The number of rotatable bonds is 6. The molecule has 0 aliphatic carbocycles. The quantitative estimate of drug-likeness (QED) is 0.820. The van der Waals surface area contributed by atoms with E-state index in [9.17, 15) is 14.4 Å². The summed E-state index contributed by atoms with van der Waals surface area (Å²) in [7, 11) is 0. The number of hydrogen-bond donors (Lipinski definition) is 1. The largest absolute Gasteiger partial charge is 0.356 e. The van der Waals surface area contributed by atoms with Crippen LogP contribution in [0.2, 0.25) is 0 Å². The zero-order valence-corrected chi connectivity index (χ0v) is 14.2. The van der Waals surface area contributed by atoms with E-state index in [1.165, 1.54) is 4.88 Å². The normalized spacial score (nSPS) is 13.3. The van der Waals surface area contributed by atoms with Crippen molar-refractivity contribution in [2.24, 2.45) is 0 Å². The van der Waals surface area contributed by atoms with Crippen molar-refractivity contribution in [1.29, 1.82) is 0 Å². The minimum absolute atomic E-state index is 0.107. The molecule has 0 saturated carbocycles. The van der Waals surface area contributed by atoms with Crippen molar-refractivity contribution in [3.63, 3.8) is 0 Å². The van der Waals surface area contributed by atoms with Crippen molar-refractivity contribution in [1.82, 2.24) is 10.2 Å². The van der Waals surface area contributed by atoms with Gasteiger partial charge in [0.1, 0.15) is 0 Å². The van der Waals surface area contributed by atoms with Crippen LogP contribution in [-0.2, 0) is 11.2 Å². The van der Waals surface area contributed by atoms with Crippen molar-refractivity contribution in [3.05, 3.63) is 57.3 Å². The Labute approximate surface area is 144 Å². The van der Waals surface area contributed by atoms with Gasteiger partial charge in [0.2, 0.25) is 5.91 Å². The van der Waals surface area contributed by atoms with E-state index in [0.29, 0.717) is 17.7 Å². The van der Waals surface area contributed by atoms with Crippen LogP contribution in [0.15, 0.2) is 35.7 Å². The molecule has 1 N–H and O–H groups in total. The first-order valence-corrected chi connectivity index (χ1v) is 8.70. The minimum atomic E-state index is -0.318. The molecule has 0 bridgehead atoms. The van der Waals surface area contributed by atoms with Crippen molar-refractivity contribution < 1.29 is 14.4 Å². The summed E-state index contributed by atoms with van der Waals surface area (Å²) in [5, 5.41) is 4.82. The molecule has 0 atom stereocenters. The topological polar surface area (TPSA) is 66.5 Å². The van der Waals surface area contributed by atoms with Crippen LogP contribution >= 0.6 is 11.3 Å². The van der Waals surface area contributed by atoms with E-state index in [2.05, 4.69) is 5.32 Å². The molecule has 0 saturated heterocycles. The molecule has 3 amide bonds. The first kappa shape index (κ1) is 16.4. The number of benzene rings is 1. The average molecular weight is 342 g/mol. The molecule has 5 nitrogen and oxygen atoms in total. The zero-order chi connectivity index (χ0) is 17.1. The third kappa shape index (κ3) is 3.38. The molecule has 0 unspecified atom stereocenters. The smallest absolute Gasteiger partial charge is 0.261 e. The molecule has 1 aromatic carbocycles. The lowest BCUT2D eigenvalue weighted by molar-refractivity contribution is -0.121. The van der Waals surface area contributed by atoms with Crippen LogP contribution in [0, 0.1) is 6.92 Å². The summed E-state index contributed by atoms with van der Waals surface area (Å²) in [5.74, 6) is -0.786. The van der Waals surface area contributed by atoms with Crippen LogP contribution in [0.1, 0.15) is 37.6 Å². The summed E-state index contributed by atoms with van der Waals surface area (Å²) < 4.78 is 0. The fraction of sp³-hybridized carbons (Fsp3) is 0.278. The highest BCUT2D eigenvalue weighted by atomic mass is 32.1. The molecule has 124 valence electrons. The third-order valence-electron chi connectivity index (χ3n) is 3.96. The molecule has 6 heteroatoms. The van der Waals surface area contributed by atoms with Gasteiger partial charge >= 0.3 is 0 Å². The summed E-state index contributed by atoms with van der Waals surface area (Å²) in [6.07, 6.45) is 0.907. The molecule has 24 heavy (non-hydrogen) atoms. The van der Waals surface area contributed by atoms with Gasteiger partial charge in [-0.15, -0.1) is 11.3 Å². The second kappa shape index (κ2) is 6.97. The van der Waals surface area contributed by atoms with Crippen molar-refractivity contribution >= 4 is 29.1 Å². The lowest BCUT2D eigenvalue weighted by Crippen LogP contribution is -2.35. The highest BCUT2D eigenvalue weighted by molar-refractivity contribution is 7.09. The number of carbonyl (C=O) groups is 3. The second-order valence-corrected chi connectivity index (χ2v) is 6.77. The van der Waals surface area contributed by atoms with Crippen molar-refractivity contribution in [3.8, 4) is 0 Å². The summed E-state index contributed by atoms with van der Waals surface area (Å²) in [4.78, 5) is 38.9. The van der Waals surface area contributed by atoms with Crippen molar-refractivity contribution in [2.75, 3.05) is 13.1 Å². The van der Waals surface area contributed by atoms with Gasteiger partial charge in [-0.1, -0.05) is 17.7 Å². The van der Waals surface area contributed by atoms with Gasteiger partial charge in [0.05, 0.1) is 11.1 Å². The van der Waals surface area contributed by atoms with Crippen LogP contribution in [0.3, 0.4) is 0 Å². The molecule has 3 rings (SSSR count). The van der Waals surface area contributed by atoms with Gasteiger partial charge in [0.15, 0.2) is 0 Å². The van der Waals surface area contributed by atoms with Crippen LogP contribution < -0.4 is 5.32 Å². The fourth-order valence-electron chi connectivity index (χ4n) is 2.69. The van der Waals surface area contributed by atoms with Crippen LogP contribution in [0.25, 0.3) is 0 Å². The third-order valence-corrected chi connectivity index (χ3v) is 4.90. The number of imide groups is 1. The molecule has 1 aliphatic heterocycles. The summed E-state index contributed by atoms with van der Waals surface area (Å²) in [6, 6.07) is 9.21. The number of aryl methyl sites for hydroxylation is 1.